The second-order valence-corrected chi connectivity index (χ2v) is 10.5. The summed E-state index contributed by atoms with van der Waals surface area (Å²) in [6.07, 6.45) is 5.40. The van der Waals surface area contributed by atoms with E-state index in [0.29, 0.717) is 25.9 Å². The fraction of sp³-hybridized carbons (Fsp3) is 0.548. The number of aryl methyl sites for hydroxylation is 1. The lowest BCUT2D eigenvalue weighted by Crippen LogP contribution is -2.21. The monoisotopic (exact) mass is 511 g/mol. The van der Waals surface area contributed by atoms with Gasteiger partial charge in [-0.05, 0) is 59.9 Å². The first-order valence-corrected chi connectivity index (χ1v) is 13.4. The van der Waals surface area contributed by atoms with Crippen LogP contribution in [0.4, 0.5) is 5.69 Å². The number of ether oxygens (including phenoxy) is 3. The third-order valence-electron chi connectivity index (χ3n) is 6.56. The van der Waals surface area contributed by atoms with Crippen molar-refractivity contribution in [2.75, 3.05) is 26.1 Å². The Morgan fingerprint density at radius 3 is 2.35 bits per heavy atom. The molecule has 6 heteroatoms. The maximum atomic E-state index is 13.4. The molecule has 1 N–H and O–H groups in total. The summed E-state index contributed by atoms with van der Waals surface area (Å²) in [5, 5.41) is 3.20. The van der Waals surface area contributed by atoms with E-state index in [1.807, 2.05) is 30.3 Å². The second kappa shape index (κ2) is 14.7. The van der Waals surface area contributed by atoms with Crippen molar-refractivity contribution in [2.45, 2.75) is 90.9 Å². The minimum atomic E-state index is -0.212. The molecule has 2 rings (SSSR count). The standard InChI is InChI=1S/C31H45NO5/c1-8-10-11-12-23(25-16-15-24(35-6)21-28(25)36-7)20-29(33)32-27-19-22(14-18-30(34)37-9-2)13-17-26(27)31(3,4)5/h13,15-17,19,21,23H,8-12,14,18,20H2,1-7H3,(H,32,33). The summed E-state index contributed by atoms with van der Waals surface area (Å²) in [4.78, 5) is 25.3. The SMILES string of the molecule is CCCCCC(CC(=O)Nc1cc(CCC(=O)OCC)ccc1C(C)(C)C)c1ccc(OC)cc1OC. The molecule has 0 spiro atoms. The molecule has 0 bridgehead atoms. The van der Waals surface area contributed by atoms with E-state index in [1.54, 1.807) is 21.1 Å². The topological polar surface area (TPSA) is 73.9 Å². The van der Waals surface area contributed by atoms with Crippen LogP contribution in [0.25, 0.3) is 0 Å². The second-order valence-electron chi connectivity index (χ2n) is 10.5. The van der Waals surface area contributed by atoms with Gasteiger partial charge in [0, 0.05) is 24.6 Å². The Morgan fingerprint density at radius 1 is 0.973 bits per heavy atom. The number of benzene rings is 2. The molecular formula is C31H45NO5. The fourth-order valence-corrected chi connectivity index (χ4v) is 4.57. The highest BCUT2D eigenvalue weighted by Gasteiger charge is 2.23. The van der Waals surface area contributed by atoms with E-state index in [4.69, 9.17) is 14.2 Å². The van der Waals surface area contributed by atoms with Crippen LogP contribution in [0.5, 0.6) is 11.5 Å². The molecule has 0 radical (unpaired) electrons. The molecule has 0 aliphatic carbocycles. The van der Waals surface area contributed by atoms with Gasteiger partial charge in [0.2, 0.25) is 5.91 Å². The van der Waals surface area contributed by atoms with Crippen molar-refractivity contribution in [2.24, 2.45) is 0 Å². The van der Waals surface area contributed by atoms with Crippen molar-refractivity contribution in [1.29, 1.82) is 0 Å². The van der Waals surface area contributed by atoms with Crippen molar-refractivity contribution < 1.29 is 23.8 Å². The molecule has 6 nitrogen and oxygen atoms in total. The smallest absolute Gasteiger partial charge is 0.306 e. The zero-order chi connectivity index (χ0) is 27.4. The number of esters is 1. The van der Waals surface area contributed by atoms with E-state index in [1.165, 1.54) is 0 Å². The molecule has 0 fully saturated rings. The van der Waals surface area contributed by atoms with Gasteiger partial charge in [0.05, 0.1) is 20.8 Å². The number of hydrogen-bond donors (Lipinski definition) is 1. The van der Waals surface area contributed by atoms with Crippen molar-refractivity contribution in [3.8, 4) is 11.5 Å². The number of anilines is 1. The minimum absolute atomic E-state index is 0.0255. The molecule has 204 valence electrons. The quantitative estimate of drug-likeness (QED) is 0.215. The Morgan fingerprint density at radius 2 is 1.73 bits per heavy atom. The normalized spacial score (nSPS) is 12.1. The van der Waals surface area contributed by atoms with Crippen LogP contribution in [0.1, 0.15) is 95.8 Å². The average molecular weight is 512 g/mol. The molecule has 0 aromatic heterocycles. The molecule has 2 aromatic rings. The third-order valence-corrected chi connectivity index (χ3v) is 6.56. The predicted octanol–water partition coefficient (Wildman–Crippen LogP) is 7.19. The molecule has 0 heterocycles. The number of amides is 1. The first kappa shape index (κ1) is 30.2. The molecule has 1 unspecified atom stereocenters. The van der Waals surface area contributed by atoms with Crippen LogP contribution < -0.4 is 14.8 Å². The Kier molecular flexibility index (Phi) is 12.0. The lowest BCUT2D eigenvalue weighted by molar-refractivity contribution is -0.143. The van der Waals surface area contributed by atoms with Crippen LogP contribution in [-0.2, 0) is 26.2 Å². The van der Waals surface area contributed by atoms with E-state index in [9.17, 15) is 9.59 Å². The summed E-state index contributed by atoms with van der Waals surface area (Å²) in [6.45, 7) is 10.8. The largest absolute Gasteiger partial charge is 0.497 e. The number of nitrogens with one attached hydrogen (secondary N) is 1. The maximum Gasteiger partial charge on any atom is 0.306 e. The predicted molar refractivity (Wildman–Crippen MR) is 150 cm³/mol. The van der Waals surface area contributed by atoms with E-state index in [2.05, 4.69) is 39.1 Å². The van der Waals surface area contributed by atoms with Crippen LogP contribution >= 0.6 is 0 Å². The van der Waals surface area contributed by atoms with Crippen LogP contribution in [0.15, 0.2) is 36.4 Å². The van der Waals surface area contributed by atoms with E-state index < -0.39 is 0 Å². The zero-order valence-corrected chi connectivity index (χ0v) is 23.7. The van der Waals surface area contributed by atoms with E-state index in [0.717, 1.165) is 59.6 Å². The fourth-order valence-electron chi connectivity index (χ4n) is 4.57. The number of methoxy groups -OCH3 is 2. The molecular weight excluding hydrogens is 466 g/mol. The van der Waals surface area contributed by atoms with Gasteiger partial charge in [-0.15, -0.1) is 0 Å². The highest BCUT2D eigenvalue weighted by Crippen LogP contribution is 2.36. The van der Waals surface area contributed by atoms with Crippen molar-refractivity contribution in [1.82, 2.24) is 0 Å². The van der Waals surface area contributed by atoms with Gasteiger partial charge in [-0.3, -0.25) is 9.59 Å². The third kappa shape index (κ3) is 9.42. The summed E-state index contributed by atoms with van der Waals surface area (Å²) in [6, 6.07) is 11.9. The van der Waals surface area contributed by atoms with Crippen LogP contribution in [0, 0.1) is 0 Å². The van der Waals surface area contributed by atoms with Gasteiger partial charge >= 0.3 is 5.97 Å². The van der Waals surface area contributed by atoms with Gasteiger partial charge < -0.3 is 19.5 Å². The summed E-state index contributed by atoms with van der Waals surface area (Å²) in [5.74, 6) is 1.25. The van der Waals surface area contributed by atoms with Crippen molar-refractivity contribution >= 4 is 17.6 Å². The number of hydrogen-bond acceptors (Lipinski definition) is 5. The highest BCUT2D eigenvalue weighted by atomic mass is 16.5. The molecule has 0 saturated heterocycles. The van der Waals surface area contributed by atoms with Gasteiger partial charge in [0.1, 0.15) is 11.5 Å². The molecule has 2 aromatic carbocycles. The van der Waals surface area contributed by atoms with Crippen molar-refractivity contribution in [3.63, 3.8) is 0 Å². The molecule has 37 heavy (non-hydrogen) atoms. The zero-order valence-electron chi connectivity index (χ0n) is 23.7. The maximum absolute atomic E-state index is 13.4. The number of carbonyl (C=O) groups is 2. The number of carbonyl (C=O) groups excluding carboxylic acids is 2. The molecule has 0 aliphatic heterocycles. The first-order chi connectivity index (χ1) is 17.6. The summed E-state index contributed by atoms with van der Waals surface area (Å²) in [5.41, 5.74) is 3.72. The summed E-state index contributed by atoms with van der Waals surface area (Å²) >= 11 is 0. The van der Waals surface area contributed by atoms with Gasteiger partial charge in [0.25, 0.3) is 0 Å². The summed E-state index contributed by atoms with van der Waals surface area (Å²) in [7, 11) is 3.28. The molecule has 1 amide bonds. The lowest BCUT2D eigenvalue weighted by atomic mass is 9.84. The van der Waals surface area contributed by atoms with Gasteiger partial charge in [-0.25, -0.2) is 0 Å². The van der Waals surface area contributed by atoms with Crippen LogP contribution in [0.3, 0.4) is 0 Å². The van der Waals surface area contributed by atoms with Crippen molar-refractivity contribution in [3.05, 3.63) is 53.1 Å². The molecule has 0 aliphatic rings. The van der Waals surface area contributed by atoms with Crippen LogP contribution in [-0.4, -0.2) is 32.7 Å². The average Bonchev–Trinajstić information content (AvgIpc) is 2.86. The Labute approximate surface area is 223 Å². The lowest BCUT2D eigenvalue weighted by Gasteiger charge is -2.25. The van der Waals surface area contributed by atoms with Gasteiger partial charge in [0.15, 0.2) is 0 Å². The summed E-state index contributed by atoms with van der Waals surface area (Å²) < 4.78 is 16.1. The van der Waals surface area contributed by atoms with E-state index in [-0.39, 0.29) is 23.2 Å². The first-order valence-electron chi connectivity index (χ1n) is 13.4. The van der Waals surface area contributed by atoms with E-state index >= 15 is 0 Å². The number of rotatable bonds is 14. The van der Waals surface area contributed by atoms with Gasteiger partial charge in [-0.2, -0.15) is 0 Å². The van der Waals surface area contributed by atoms with Gasteiger partial charge in [-0.1, -0.05) is 65.2 Å². The Hall–Kier alpha value is -3.02. The molecule has 0 saturated carbocycles. The Bertz CT molecular complexity index is 1020. The Balaban J connectivity index is 2.29. The highest BCUT2D eigenvalue weighted by molar-refractivity contribution is 5.92. The van der Waals surface area contributed by atoms with Crippen LogP contribution in [0.2, 0.25) is 0 Å². The number of unbranched alkanes of at least 4 members (excludes halogenated alkanes) is 2. The minimum Gasteiger partial charge on any atom is -0.497 e. The molecule has 1 atom stereocenters.